The molecule has 3 rings (SSSR count). The summed E-state index contributed by atoms with van der Waals surface area (Å²) in [7, 11) is 3.34. The molecule has 1 amide bonds. The van der Waals surface area contributed by atoms with E-state index in [2.05, 4.69) is 17.1 Å². The minimum Gasteiger partial charge on any atom is -0.504 e. The summed E-state index contributed by atoms with van der Waals surface area (Å²) in [6, 6.07) is 3.12. The average molecular weight is 355 g/mol. The van der Waals surface area contributed by atoms with E-state index in [1.165, 1.54) is 13.2 Å². The average Bonchev–Trinajstić information content (AvgIpc) is 2.92. The summed E-state index contributed by atoms with van der Waals surface area (Å²) in [5.74, 6) is 0.521. The Hall–Kier alpha value is -3.22. The van der Waals surface area contributed by atoms with Gasteiger partial charge in [-0.25, -0.2) is 0 Å². The van der Waals surface area contributed by atoms with Gasteiger partial charge in [-0.1, -0.05) is 11.2 Å². The van der Waals surface area contributed by atoms with Crippen molar-refractivity contribution in [2.24, 2.45) is 0 Å². The van der Waals surface area contributed by atoms with Gasteiger partial charge in [-0.2, -0.15) is 0 Å². The number of ether oxygens (including phenoxy) is 1. The number of carbonyl (C=O) groups excluding carboxylic acids is 1. The Morgan fingerprint density at radius 3 is 2.77 bits per heavy atom. The van der Waals surface area contributed by atoms with Crippen LogP contribution in [-0.2, 0) is 4.79 Å². The zero-order valence-electron chi connectivity index (χ0n) is 15.2. The van der Waals surface area contributed by atoms with Gasteiger partial charge in [-0.3, -0.25) is 4.79 Å². The van der Waals surface area contributed by atoms with Crippen molar-refractivity contribution < 1.29 is 19.2 Å². The van der Waals surface area contributed by atoms with Crippen LogP contribution in [-0.4, -0.2) is 35.2 Å². The quantitative estimate of drug-likeness (QED) is 0.819. The van der Waals surface area contributed by atoms with Crippen molar-refractivity contribution in [1.82, 2.24) is 10.1 Å². The molecule has 2 heterocycles. The van der Waals surface area contributed by atoms with Crippen LogP contribution in [0.25, 0.3) is 5.57 Å². The van der Waals surface area contributed by atoms with Gasteiger partial charge in [-0.15, -0.1) is 6.58 Å². The number of nitrogens with zero attached hydrogens (tertiary/aromatic N) is 2. The first-order chi connectivity index (χ1) is 12.4. The van der Waals surface area contributed by atoms with Crippen LogP contribution >= 0.6 is 0 Å². The third-order valence-corrected chi connectivity index (χ3v) is 4.47. The molecule has 1 aromatic heterocycles. The number of rotatable bonds is 4. The maximum atomic E-state index is 12.9. The van der Waals surface area contributed by atoms with Gasteiger partial charge in [0, 0.05) is 13.2 Å². The van der Waals surface area contributed by atoms with Crippen LogP contribution in [0.4, 0.5) is 5.69 Å². The number of amides is 1. The maximum absolute atomic E-state index is 12.9. The van der Waals surface area contributed by atoms with Crippen LogP contribution in [0.1, 0.15) is 28.6 Å². The minimum absolute atomic E-state index is 0.0327. The molecule has 1 unspecified atom stereocenters. The zero-order valence-corrected chi connectivity index (χ0v) is 15.2. The predicted molar refractivity (Wildman–Crippen MR) is 97.9 cm³/mol. The monoisotopic (exact) mass is 355 g/mol. The molecular formula is C19H21N3O4. The first kappa shape index (κ1) is 17.6. The van der Waals surface area contributed by atoms with Crippen LogP contribution in [0, 0.1) is 13.8 Å². The van der Waals surface area contributed by atoms with Crippen LogP contribution in [0.2, 0.25) is 0 Å². The van der Waals surface area contributed by atoms with E-state index in [4.69, 9.17) is 9.26 Å². The van der Waals surface area contributed by atoms with Gasteiger partial charge in [0.15, 0.2) is 17.3 Å². The molecule has 1 aliphatic heterocycles. The summed E-state index contributed by atoms with van der Waals surface area (Å²) in [5, 5.41) is 16.9. The third-order valence-electron chi connectivity index (χ3n) is 4.47. The molecule has 136 valence electrons. The summed E-state index contributed by atoms with van der Waals surface area (Å²) in [6.07, 6.45) is 3.50. The summed E-state index contributed by atoms with van der Waals surface area (Å²) in [4.78, 5) is 14.8. The van der Waals surface area contributed by atoms with E-state index in [0.29, 0.717) is 34.0 Å². The second-order valence-electron chi connectivity index (χ2n) is 6.15. The molecule has 0 radical (unpaired) electrons. The molecule has 1 atom stereocenters. The topological polar surface area (TPSA) is 87.8 Å². The number of methoxy groups -OCH3 is 1. The fourth-order valence-electron chi connectivity index (χ4n) is 3.11. The van der Waals surface area contributed by atoms with Crippen molar-refractivity contribution in [3.8, 4) is 11.5 Å². The van der Waals surface area contributed by atoms with Crippen LogP contribution < -0.4 is 10.1 Å². The summed E-state index contributed by atoms with van der Waals surface area (Å²) >= 11 is 0. The number of hydrogen-bond acceptors (Lipinski definition) is 6. The van der Waals surface area contributed by atoms with Crippen molar-refractivity contribution in [2.75, 3.05) is 19.5 Å². The number of likely N-dealkylation sites (N-methyl/N-ethyl adjacent to an activating group) is 1. The van der Waals surface area contributed by atoms with E-state index in [1.807, 2.05) is 11.9 Å². The highest BCUT2D eigenvalue weighted by Gasteiger charge is 2.29. The first-order valence-corrected chi connectivity index (χ1v) is 8.09. The van der Waals surface area contributed by atoms with Crippen LogP contribution in [0.15, 0.2) is 35.5 Å². The Morgan fingerprint density at radius 2 is 2.19 bits per heavy atom. The Bertz CT molecular complexity index is 894. The molecule has 0 saturated carbocycles. The number of aromatic hydroxyl groups is 1. The number of aryl methyl sites for hydroxylation is 2. The van der Waals surface area contributed by atoms with Gasteiger partial charge >= 0.3 is 0 Å². The highest BCUT2D eigenvalue weighted by atomic mass is 16.5. The van der Waals surface area contributed by atoms with Gasteiger partial charge in [0.1, 0.15) is 11.4 Å². The number of nitrogens with one attached hydrogen (secondary N) is 1. The predicted octanol–water partition coefficient (Wildman–Crippen LogP) is 3.16. The lowest BCUT2D eigenvalue weighted by Crippen LogP contribution is -2.27. The molecule has 1 aromatic carbocycles. The second kappa shape index (κ2) is 6.59. The molecule has 0 spiro atoms. The molecule has 7 heteroatoms. The van der Waals surface area contributed by atoms with Crippen LogP contribution in [0.5, 0.6) is 11.5 Å². The smallest absolute Gasteiger partial charge is 0.257 e. The van der Waals surface area contributed by atoms with Crippen molar-refractivity contribution in [3.63, 3.8) is 0 Å². The Morgan fingerprint density at radius 1 is 1.46 bits per heavy atom. The number of phenolic OH excluding ortho intramolecular Hbond substituents is 1. The lowest BCUT2D eigenvalue weighted by molar-refractivity contribution is -0.111. The Balaban J connectivity index is 2.07. The molecule has 0 bridgehead atoms. The summed E-state index contributed by atoms with van der Waals surface area (Å²) in [5.41, 5.74) is 3.00. The Kier molecular flexibility index (Phi) is 4.46. The molecule has 0 aliphatic carbocycles. The maximum Gasteiger partial charge on any atom is 0.257 e. The van der Waals surface area contributed by atoms with Gasteiger partial charge in [0.2, 0.25) is 0 Å². The molecule has 0 fully saturated rings. The van der Waals surface area contributed by atoms with E-state index in [9.17, 15) is 9.90 Å². The summed E-state index contributed by atoms with van der Waals surface area (Å²) in [6.45, 7) is 7.36. The van der Waals surface area contributed by atoms with Crippen molar-refractivity contribution in [1.29, 1.82) is 0 Å². The molecule has 0 saturated heterocycles. The number of phenols is 1. The van der Waals surface area contributed by atoms with Gasteiger partial charge in [0.25, 0.3) is 5.91 Å². The van der Waals surface area contributed by atoms with E-state index in [-0.39, 0.29) is 17.7 Å². The molecule has 2 aromatic rings. The van der Waals surface area contributed by atoms with Gasteiger partial charge in [0.05, 0.1) is 18.7 Å². The molecular weight excluding hydrogens is 334 g/mol. The fourth-order valence-corrected chi connectivity index (χ4v) is 3.11. The van der Waals surface area contributed by atoms with Crippen molar-refractivity contribution in [3.05, 3.63) is 53.6 Å². The largest absolute Gasteiger partial charge is 0.504 e. The number of anilines is 1. The van der Waals surface area contributed by atoms with Crippen LogP contribution in [0.3, 0.4) is 0 Å². The molecule has 2 N–H and O–H groups in total. The highest BCUT2D eigenvalue weighted by molar-refractivity contribution is 6.26. The van der Waals surface area contributed by atoms with E-state index >= 15 is 0 Å². The number of carbonyl (C=O) groups is 1. The standard InChI is InChI=1S/C19H21N3O4/c1-6-15-13-8-17(25-5)16(23)7-12(13)14(9-22(15)4)19(24)20-18-10(2)21-26-11(18)3/h6-9,15,23H,1H2,2-5H3,(H,20,24). The molecule has 1 aliphatic rings. The highest BCUT2D eigenvalue weighted by Crippen LogP contribution is 2.41. The Labute approximate surface area is 151 Å². The van der Waals surface area contributed by atoms with Crippen molar-refractivity contribution in [2.45, 2.75) is 19.9 Å². The van der Waals surface area contributed by atoms with E-state index < -0.39 is 0 Å². The summed E-state index contributed by atoms with van der Waals surface area (Å²) < 4.78 is 10.3. The molecule has 26 heavy (non-hydrogen) atoms. The second-order valence-corrected chi connectivity index (χ2v) is 6.15. The van der Waals surface area contributed by atoms with E-state index in [0.717, 1.165) is 5.56 Å². The minimum atomic E-state index is -0.320. The van der Waals surface area contributed by atoms with Crippen molar-refractivity contribution >= 4 is 17.2 Å². The SMILES string of the molecule is C=CC1c2cc(OC)c(O)cc2C(C(=O)Nc2c(C)noc2C)=CN1C. The lowest BCUT2D eigenvalue weighted by Gasteiger charge is -2.32. The van der Waals surface area contributed by atoms with E-state index in [1.54, 1.807) is 32.2 Å². The normalized spacial score (nSPS) is 15.9. The first-order valence-electron chi connectivity index (χ1n) is 8.09. The number of hydrogen-bond donors (Lipinski definition) is 2. The number of aromatic nitrogens is 1. The number of benzene rings is 1. The third kappa shape index (κ3) is 2.81. The zero-order chi connectivity index (χ0) is 19.0. The molecule has 7 nitrogen and oxygen atoms in total. The fraction of sp³-hybridized carbons (Fsp3) is 0.263. The lowest BCUT2D eigenvalue weighted by atomic mass is 9.90. The number of fused-ring (bicyclic) bond motifs is 1. The van der Waals surface area contributed by atoms with Gasteiger partial charge in [-0.05, 0) is 37.1 Å². The van der Waals surface area contributed by atoms with Gasteiger partial charge < -0.3 is 24.6 Å².